The summed E-state index contributed by atoms with van der Waals surface area (Å²) in [6.45, 7) is 0. The Labute approximate surface area is 328 Å². The molecule has 3 aliphatic heterocycles. The van der Waals surface area contributed by atoms with Gasteiger partial charge in [0.05, 0.1) is 51.5 Å². The molecule has 6 heteroatoms. The van der Waals surface area contributed by atoms with Crippen molar-refractivity contribution in [1.29, 1.82) is 0 Å². The number of allylic oxidation sites excluding steroid dienone is 4. The Hall–Kier alpha value is -6.37. The van der Waals surface area contributed by atoms with Crippen LogP contribution in [0.15, 0.2) is 172 Å². The number of aliphatic imine (C=N–C) groups is 2. The van der Waals surface area contributed by atoms with Crippen molar-refractivity contribution in [2.24, 2.45) is 9.98 Å². The topological polar surface area (TPSA) is 53.7 Å². The summed E-state index contributed by atoms with van der Waals surface area (Å²) in [6.07, 6.45) is 15.4. The van der Waals surface area contributed by atoms with Crippen molar-refractivity contribution in [3.05, 3.63) is 179 Å². The average Bonchev–Trinajstić information content (AvgIpc) is 3.92. The fraction of sp³-hybridized carbons (Fsp3) is 0.120. The molecule has 0 amide bonds. The molecular weight excluding hydrogens is 703 g/mol. The molecule has 7 aromatic rings. The molecule has 0 saturated heterocycles. The number of nitrogens with one attached hydrogen (secondary N) is 2. The molecular formula is C50H35N5S. The monoisotopic (exact) mass is 737 g/mol. The lowest BCUT2D eigenvalue weighted by molar-refractivity contribution is 0.523. The molecule has 0 saturated carbocycles. The van der Waals surface area contributed by atoms with Crippen molar-refractivity contribution in [2.45, 2.75) is 36.2 Å². The van der Waals surface area contributed by atoms with Gasteiger partial charge in [0, 0.05) is 43.0 Å². The standard InChI is InChI=1S/C50H35N5S/c1-2-11-28(12-3-1)29-21-23-31(24-22-29)43-49-46(34-15-6-9-20-41(34)56-49)54-50(53-43)55-47-32-14-5-4-13-30(32)25-26-33(47)37-27-38-42-35(16-10-17-36(42)48(37)55)44-45(38)52-40-19-8-7-18-39(40)51-44/h1-5,7-14,16-27,39,43,46,49,51H,6,15H2,(H,53,54). The van der Waals surface area contributed by atoms with Gasteiger partial charge < -0.3 is 10.6 Å². The molecule has 2 N–H and O–H groups in total. The smallest absolute Gasteiger partial charge is 0.204 e. The number of rotatable bonds is 2. The van der Waals surface area contributed by atoms with E-state index in [1.54, 1.807) is 0 Å². The summed E-state index contributed by atoms with van der Waals surface area (Å²) in [6, 6.07) is 42.7. The zero-order valence-electron chi connectivity index (χ0n) is 30.4. The zero-order chi connectivity index (χ0) is 36.5. The zero-order valence-corrected chi connectivity index (χ0v) is 31.2. The number of nitrogens with zero attached hydrogens (tertiary/aromatic N) is 3. The molecule has 0 radical (unpaired) electrons. The Morgan fingerprint density at radius 2 is 1.54 bits per heavy atom. The molecule has 1 aromatic heterocycles. The Balaban J connectivity index is 1.08. The summed E-state index contributed by atoms with van der Waals surface area (Å²) in [5.74, 6) is 0.916. The highest BCUT2D eigenvalue weighted by atomic mass is 32.2. The molecule has 0 bridgehead atoms. The van der Waals surface area contributed by atoms with Crippen LogP contribution in [0.4, 0.5) is 0 Å². The van der Waals surface area contributed by atoms with Gasteiger partial charge in [-0.3, -0.25) is 4.57 Å². The molecule has 6 aliphatic rings. The van der Waals surface area contributed by atoms with Gasteiger partial charge in [0.2, 0.25) is 5.96 Å². The lowest BCUT2D eigenvalue weighted by atomic mass is 9.89. The van der Waals surface area contributed by atoms with Crippen molar-refractivity contribution in [3.63, 3.8) is 0 Å². The molecule has 4 heterocycles. The van der Waals surface area contributed by atoms with Crippen LogP contribution >= 0.6 is 11.8 Å². The van der Waals surface area contributed by atoms with E-state index in [2.05, 4.69) is 167 Å². The van der Waals surface area contributed by atoms with Gasteiger partial charge in [0.1, 0.15) is 0 Å². The Morgan fingerprint density at radius 3 is 2.46 bits per heavy atom. The predicted octanol–water partition coefficient (Wildman–Crippen LogP) is 11.1. The molecule has 0 spiro atoms. The largest absolute Gasteiger partial charge is 0.371 e. The maximum Gasteiger partial charge on any atom is 0.204 e. The van der Waals surface area contributed by atoms with E-state index in [0.29, 0.717) is 0 Å². The molecule has 4 atom stereocenters. The highest BCUT2D eigenvalue weighted by Crippen LogP contribution is 2.52. The molecule has 4 unspecified atom stereocenters. The fourth-order valence-electron chi connectivity index (χ4n) is 10.1. The van der Waals surface area contributed by atoms with Gasteiger partial charge in [-0.15, -0.1) is 11.8 Å². The normalized spacial score (nSPS) is 22.9. The van der Waals surface area contributed by atoms with Gasteiger partial charge in [-0.1, -0.05) is 140 Å². The van der Waals surface area contributed by atoms with Crippen molar-refractivity contribution < 1.29 is 0 Å². The van der Waals surface area contributed by atoms with E-state index in [9.17, 15) is 0 Å². The summed E-state index contributed by atoms with van der Waals surface area (Å²) in [5, 5.41) is 15.6. The van der Waals surface area contributed by atoms with Gasteiger partial charge in [-0.2, -0.15) is 0 Å². The van der Waals surface area contributed by atoms with Crippen LogP contribution in [0.25, 0.3) is 65.9 Å². The number of fused-ring (bicyclic) bond motifs is 11. The number of benzene rings is 6. The van der Waals surface area contributed by atoms with Gasteiger partial charge in [0.15, 0.2) is 0 Å². The quantitative estimate of drug-likeness (QED) is 0.186. The minimum Gasteiger partial charge on any atom is -0.371 e. The van der Waals surface area contributed by atoms with E-state index < -0.39 is 0 Å². The highest BCUT2D eigenvalue weighted by molar-refractivity contribution is 8.04. The second kappa shape index (κ2) is 11.6. The number of hydrogen-bond acceptors (Lipinski definition) is 5. The minimum absolute atomic E-state index is 0.0391. The number of aromatic nitrogens is 1. The first kappa shape index (κ1) is 30.9. The summed E-state index contributed by atoms with van der Waals surface area (Å²) < 4.78 is 2.49. The van der Waals surface area contributed by atoms with Crippen molar-refractivity contribution in [2.75, 3.05) is 0 Å². The van der Waals surface area contributed by atoms with Crippen LogP contribution in [-0.4, -0.2) is 33.6 Å². The Morgan fingerprint density at radius 1 is 0.696 bits per heavy atom. The van der Waals surface area contributed by atoms with Crippen molar-refractivity contribution >= 4 is 78.2 Å². The SMILES string of the molecule is C1=CC2=NC3=C(NC2C=C1)c1cccc2c1c3cc1c3ccc4ccccc4c3n(C3=NC(c4ccc(-c5ccccc5)cc4)C4SC5=C(CCC=C5)C4N3)c21. The number of hydrogen-bond donors (Lipinski definition) is 2. The molecule has 5 nitrogen and oxygen atoms in total. The fourth-order valence-corrected chi connectivity index (χ4v) is 11.7. The van der Waals surface area contributed by atoms with Crippen LogP contribution in [0.2, 0.25) is 0 Å². The molecule has 13 rings (SSSR count). The summed E-state index contributed by atoms with van der Waals surface area (Å²) in [5.41, 5.74) is 13.2. The van der Waals surface area contributed by atoms with Crippen molar-refractivity contribution in [1.82, 2.24) is 15.2 Å². The molecule has 6 aromatic carbocycles. The van der Waals surface area contributed by atoms with E-state index in [1.807, 2.05) is 11.8 Å². The Kier molecular flexibility index (Phi) is 6.39. The summed E-state index contributed by atoms with van der Waals surface area (Å²) in [4.78, 5) is 12.6. The van der Waals surface area contributed by atoms with E-state index in [1.165, 1.54) is 81.6 Å². The lowest BCUT2D eigenvalue weighted by Gasteiger charge is -2.35. The lowest BCUT2D eigenvalue weighted by Crippen LogP contribution is -2.50. The minimum atomic E-state index is -0.0391. The summed E-state index contributed by atoms with van der Waals surface area (Å²) >= 11 is 2.01. The molecule has 0 fully saturated rings. The van der Waals surface area contributed by atoms with Crippen LogP contribution < -0.4 is 10.6 Å². The van der Waals surface area contributed by atoms with Crippen LogP contribution in [0.5, 0.6) is 0 Å². The van der Waals surface area contributed by atoms with Crippen LogP contribution in [0, 0.1) is 0 Å². The maximum absolute atomic E-state index is 5.83. The first-order valence-corrected chi connectivity index (χ1v) is 20.6. The third kappa shape index (κ3) is 4.28. The predicted molar refractivity (Wildman–Crippen MR) is 235 cm³/mol. The van der Waals surface area contributed by atoms with Crippen LogP contribution in [-0.2, 0) is 0 Å². The van der Waals surface area contributed by atoms with E-state index >= 15 is 0 Å². The Bertz CT molecular complexity index is 3120. The third-order valence-electron chi connectivity index (χ3n) is 12.6. The first-order valence-electron chi connectivity index (χ1n) is 19.7. The van der Waals surface area contributed by atoms with E-state index in [0.717, 1.165) is 35.9 Å². The molecule has 266 valence electrons. The van der Waals surface area contributed by atoms with Crippen molar-refractivity contribution in [3.8, 4) is 11.1 Å². The average molecular weight is 738 g/mol. The second-order valence-electron chi connectivity index (χ2n) is 15.6. The highest BCUT2D eigenvalue weighted by Gasteiger charge is 2.45. The molecule has 56 heavy (non-hydrogen) atoms. The summed E-state index contributed by atoms with van der Waals surface area (Å²) in [7, 11) is 0. The van der Waals surface area contributed by atoms with Gasteiger partial charge >= 0.3 is 0 Å². The van der Waals surface area contributed by atoms with Gasteiger partial charge in [0.25, 0.3) is 0 Å². The van der Waals surface area contributed by atoms with E-state index in [-0.39, 0.29) is 23.4 Å². The van der Waals surface area contributed by atoms with Gasteiger partial charge in [-0.25, -0.2) is 9.98 Å². The molecule has 3 aliphatic carbocycles. The number of thioether (sulfide) groups is 1. The van der Waals surface area contributed by atoms with E-state index in [4.69, 9.17) is 9.98 Å². The maximum atomic E-state index is 5.83. The van der Waals surface area contributed by atoms with Crippen LogP contribution in [0.1, 0.15) is 35.6 Å². The van der Waals surface area contributed by atoms with Gasteiger partial charge in [-0.05, 0) is 52.6 Å². The van der Waals surface area contributed by atoms with Crippen LogP contribution in [0.3, 0.4) is 0 Å². The second-order valence-corrected chi connectivity index (χ2v) is 16.8. The first-order chi connectivity index (χ1) is 27.8. The third-order valence-corrected chi connectivity index (χ3v) is 14.1.